The van der Waals surface area contributed by atoms with Crippen molar-refractivity contribution in [2.24, 2.45) is 11.8 Å². The Morgan fingerprint density at radius 3 is 2.83 bits per heavy atom. The highest BCUT2D eigenvalue weighted by Crippen LogP contribution is 2.42. The Kier molecular flexibility index (Phi) is 4.50. The molecule has 2 heteroatoms. The summed E-state index contributed by atoms with van der Waals surface area (Å²) in [6, 6.07) is 8.11. The van der Waals surface area contributed by atoms with Crippen LogP contribution in [0.25, 0.3) is 0 Å². The van der Waals surface area contributed by atoms with Crippen molar-refractivity contribution >= 4 is 15.9 Å². The molecule has 0 aromatic heterocycles. The lowest BCUT2D eigenvalue weighted by Crippen LogP contribution is -2.35. The van der Waals surface area contributed by atoms with Crippen molar-refractivity contribution in [1.82, 2.24) is 0 Å². The molecular formula is C16H23BrO. The number of halogens is 1. The first-order valence-electron chi connectivity index (χ1n) is 7.02. The zero-order valence-electron chi connectivity index (χ0n) is 11.3. The summed E-state index contributed by atoms with van der Waals surface area (Å²) < 4.78 is 1.04. The van der Waals surface area contributed by atoms with E-state index in [4.69, 9.17) is 0 Å². The van der Waals surface area contributed by atoms with Crippen LogP contribution in [0.15, 0.2) is 28.7 Å². The molecule has 0 aliphatic heterocycles. The number of benzene rings is 1. The fourth-order valence-electron chi connectivity index (χ4n) is 3.21. The molecule has 1 saturated carbocycles. The fourth-order valence-corrected chi connectivity index (χ4v) is 3.61. The second-order valence-corrected chi connectivity index (χ2v) is 6.71. The molecule has 1 aliphatic rings. The van der Waals surface area contributed by atoms with Crippen molar-refractivity contribution in [2.75, 3.05) is 0 Å². The summed E-state index contributed by atoms with van der Waals surface area (Å²) in [5, 5.41) is 10.9. The minimum Gasteiger partial charge on any atom is -0.385 e. The van der Waals surface area contributed by atoms with Crippen LogP contribution in [-0.4, -0.2) is 5.11 Å². The highest BCUT2D eigenvalue weighted by atomic mass is 79.9. The molecule has 2 rings (SSSR count). The van der Waals surface area contributed by atoms with Crippen molar-refractivity contribution in [3.63, 3.8) is 0 Å². The first kappa shape index (κ1) is 14.1. The fraction of sp³-hybridized carbons (Fsp3) is 0.625. The topological polar surface area (TPSA) is 20.2 Å². The molecule has 3 unspecified atom stereocenters. The van der Waals surface area contributed by atoms with Crippen LogP contribution in [0, 0.1) is 11.8 Å². The summed E-state index contributed by atoms with van der Waals surface area (Å²) in [4.78, 5) is 0. The van der Waals surface area contributed by atoms with Gasteiger partial charge < -0.3 is 5.11 Å². The van der Waals surface area contributed by atoms with Crippen LogP contribution in [0.5, 0.6) is 0 Å². The maximum Gasteiger partial charge on any atom is 0.0897 e. The van der Waals surface area contributed by atoms with E-state index in [0.717, 1.165) is 28.8 Å². The van der Waals surface area contributed by atoms with Crippen LogP contribution >= 0.6 is 15.9 Å². The lowest BCUT2D eigenvalue weighted by molar-refractivity contribution is -0.0312. The maximum absolute atomic E-state index is 10.9. The quantitative estimate of drug-likeness (QED) is 0.844. The van der Waals surface area contributed by atoms with E-state index >= 15 is 0 Å². The Bertz CT molecular complexity index is 400. The van der Waals surface area contributed by atoms with Gasteiger partial charge in [-0.2, -0.15) is 0 Å². The Hall–Kier alpha value is -0.340. The third kappa shape index (κ3) is 2.97. The number of hydrogen-bond donors (Lipinski definition) is 1. The van der Waals surface area contributed by atoms with Crippen LogP contribution in [0.2, 0.25) is 0 Å². The van der Waals surface area contributed by atoms with Gasteiger partial charge in [0.05, 0.1) is 5.60 Å². The average Bonchev–Trinajstić information content (AvgIpc) is 2.39. The normalized spacial score (nSPS) is 27.8. The second-order valence-electron chi connectivity index (χ2n) is 5.80. The lowest BCUT2D eigenvalue weighted by atomic mass is 9.70. The van der Waals surface area contributed by atoms with E-state index in [1.807, 2.05) is 25.1 Å². The van der Waals surface area contributed by atoms with E-state index < -0.39 is 5.60 Å². The van der Waals surface area contributed by atoms with E-state index in [1.165, 1.54) is 19.3 Å². The van der Waals surface area contributed by atoms with Gasteiger partial charge in [0.2, 0.25) is 0 Å². The van der Waals surface area contributed by atoms with E-state index in [2.05, 4.69) is 28.9 Å². The molecule has 0 spiro atoms. The predicted molar refractivity (Wildman–Crippen MR) is 79.5 cm³/mol. The maximum atomic E-state index is 10.9. The van der Waals surface area contributed by atoms with Gasteiger partial charge in [-0.25, -0.2) is 0 Å². The molecule has 3 atom stereocenters. The standard InChI is InChI=1S/C16H23BrO/c1-3-12-6-4-7-13(10-12)16(2,18)14-8-5-9-15(17)11-14/h5,8-9,11-13,18H,3-4,6-7,10H2,1-2H3. The van der Waals surface area contributed by atoms with Gasteiger partial charge in [0.15, 0.2) is 0 Å². The van der Waals surface area contributed by atoms with Gasteiger partial charge in [-0.15, -0.1) is 0 Å². The number of aliphatic hydroxyl groups is 1. The molecule has 100 valence electrons. The van der Waals surface area contributed by atoms with E-state index in [0.29, 0.717) is 5.92 Å². The summed E-state index contributed by atoms with van der Waals surface area (Å²) in [7, 11) is 0. The summed E-state index contributed by atoms with van der Waals surface area (Å²) in [6.45, 7) is 4.25. The first-order chi connectivity index (χ1) is 8.54. The molecule has 0 bridgehead atoms. The van der Waals surface area contributed by atoms with Crippen LogP contribution in [-0.2, 0) is 5.60 Å². The highest BCUT2D eigenvalue weighted by molar-refractivity contribution is 9.10. The Morgan fingerprint density at radius 1 is 1.39 bits per heavy atom. The molecule has 0 radical (unpaired) electrons. The molecule has 1 N–H and O–H groups in total. The first-order valence-corrected chi connectivity index (χ1v) is 7.81. The monoisotopic (exact) mass is 310 g/mol. The van der Waals surface area contributed by atoms with Crippen molar-refractivity contribution in [3.8, 4) is 0 Å². The van der Waals surface area contributed by atoms with Gasteiger partial charge in [0.1, 0.15) is 0 Å². The molecule has 0 amide bonds. The Morgan fingerprint density at radius 2 is 2.17 bits per heavy atom. The summed E-state index contributed by atoms with van der Waals surface area (Å²) in [5.74, 6) is 1.19. The minimum absolute atomic E-state index is 0.394. The van der Waals surface area contributed by atoms with Crippen molar-refractivity contribution in [1.29, 1.82) is 0 Å². The Labute approximate surface area is 119 Å². The second kappa shape index (κ2) is 5.75. The van der Waals surface area contributed by atoms with Crippen LogP contribution in [0.1, 0.15) is 51.5 Å². The minimum atomic E-state index is -0.697. The predicted octanol–water partition coefficient (Wildman–Crippen LogP) is 4.87. The third-order valence-electron chi connectivity index (χ3n) is 4.56. The average molecular weight is 311 g/mol. The number of rotatable bonds is 3. The molecule has 18 heavy (non-hydrogen) atoms. The van der Waals surface area contributed by atoms with E-state index in [9.17, 15) is 5.11 Å². The molecule has 1 aromatic rings. The SMILES string of the molecule is CCC1CCCC(C(C)(O)c2cccc(Br)c2)C1. The number of hydrogen-bond acceptors (Lipinski definition) is 1. The largest absolute Gasteiger partial charge is 0.385 e. The molecule has 0 heterocycles. The van der Waals surface area contributed by atoms with Gasteiger partial charge in [-0.05, 0) is 49.3 Å². The summed E-state index contributed by atoms with van der Waals surface area (Å²) in [6.07, 6.45) is 6.14. The van der Waals surface area contributed by atoms with Gasteiger partial charge in [0.25, 0.3) is 0 Å². The highest BCUT2D eigenvalue weighted by Gasteiger charge is 2.36. The molecule has 0 saturated heterocycles. The lowest BCUT2D eigenvalue weighted by Gasteiger charge is -2.39. The van der Waals surface area contributed by atoms with Crippen LogP contribution < -0.4 is 0 Å². The Balaban J connectivity index is 2.19. The van der Waals surface area contributed by atoms with E-state index in [-0.39, 0.29) is 0 Å². The van der Waals surface area contributed by atoms with Crippen molar-refractivity contribution in [3.05, 3.63) is 34.3 Å². The molecule has 1 aromatic carbocycles. The van der Waals surface area contributed by atoms with E-state index in [1.54, 1.807) is 0 Å². The molecule has 1 aliphatic carbocycles. The third-order valence-corrected chi connectivity index (χ3v) is 5.06. The van der Waals surface area contributed by atoms with Crippen LogP contribution in [0.3, 0.4) is 0 Å². The van der Waals surface area contributed by atoms with Gasteiger partial charge in [-0.1, -0.05) is 54.2 Å². The van der Waals surface area contributed by atoms with Crippen molar-refractivity contribution < 1.29 is 5.11 Å². The zero-order chi connectivity index (χ0) is 13.2. The summed E-state index contributed by atoms with van der Waals surface area (Å²) >= 11 is 3.49. The smallest absolute Gasteiger partial charge is 0.0897 e. The molecule has 1 fully saturated rings. The van der Waals surface area contributed by atoms with Crippen LogP contribution in [0.4, 0.5) is 0 Å². The van der Waals surface area contributed by atoms with Gasteiger partial charge in [-0.3, -0.25) is 0 Å². The zero-order valence-corrected chi connectivity index (χ0v) is 12.9. The van der Waals surface area contributed by atoms with Gasteiger partial charge >= 0.3 is 0 Å². The summed E-state index contributed by atoms with van der Waals surface area (Å²) in [5.41, 5.74) is 0.344. The molecule has 1 nitrogen and oxygen atoms in total. The molecular weight excluding hydrogens is 288 g/mol. The van der Waals surface area contributed by atoms with Crippen molar-refractivity contribution in [2.45, 2.75) is 51.6 Å². The van der Waals surface area contributed by atoms with Gasteiger partial charge in [0, 0.05) is 4.47 Å².